The minimum atomic E-state index is 0.982. The van der Waals surface area contributed by atoms with E-state index in [9.17, 15) is 0 Å². The molecular formula is C47H29NS. The first-order valence-electron chi connectivity index (χ1n) is 16.7. The molecule has 228 valence electrons. The molecule has 0 aliphatic carbocycles. The predicted octanol–water partition coefficient (Wildman–Crippen LogP) is 13.6. The molecule has 10 rings (SSSR count). The summed E-state index contributed by atoms with van der Waals surface area (Å²) in [6.45, 7) is 0. The van der Waals surface area contributed by atoms with Gasteiger partial charge in [-0.1, -0.05) is 152 Å². The van der Waals surface area contributed by atoms with Crippen molar-refractivity contribution in [3.63, 3.8) is 0 Å². The molecule has 0 atom stereocenters. The number of hydrogen-bond acceptors (Lipinski definition) is 2. The number of pyridine rings is 1. The van der Waals surface area contributed by atoms with Crippen LogP contribution in [0.25, 0.3) is 97.1 Å². The van der Waals surface area contributed by atoms with Crippen LogP contribution < -0.4 is 0 Å². The van der Waals surface area contributed by atoms with Gasteiger partial charge in [-0.25, -0.2) is 0 Å². The highest BCUT2D eigenvalue weighted by atomic mass is 32.1. The van der Waals surface area contributed by atoms with Gasteiger partial charge in [0.05, 0.1) is 5.69 Å². The lowest BCUT2D eigenvalue weighted by Crippen LogP contribution is -1.92. The molecule has 0 aliphatic rings. The minimum absolute atomic E-state index is 0.982. The standard InChI is InChI=1S/C47H29NS/c1-2-10-30(11-3-1)31-18-20-33(21-19-31)45-37-14-6-8-16-39(37)46(40-17-9-7-15-38(40)45)43-26-23-35(29-48-43)34-24-27-44-42(28-34)41-25-22-32-12-4-5-13-36(32)47(41)49-44/h1-29H. The van der Waals surface area contributed by atoms with Crippen molar-refractivity contribution in [2.45, 2.75) is 0 Å². The van der Waals surface area contributed by atoms with Gasteiger partial charge in [0.1, 0.15) is 0 Å². The van der Waals surface area contributed by atoms with Crippen LogP contribution in [-0.2, 0) is 0 Å². The number of rotatable bonds is 4. The van der Waals surface area contributed by atoms with Crippen LogP contribution >= 0.6 is 11.3 Å². The fourth-order valence-electron chi connectivity index (χ4n) is 7.57. The molecule has 0 bridgehead atoms. The number of nitrogens with zero attached hydrogens (tertiary/aromatic N) is 1. The van der Waals surface area contributed by atoms with Gasteiger partial charge in [-0.2, -0.15) is 0 Å². The van der Waals surface area contributed by atoms with Crippen LogP contribution in [0.2, 0.25) is 0 Å². The molecule has 0 spiro atoms. The van der Waals surface area contributed by atoms with Crippen LogP contribution in [0.15, 0.2) is 176 Å². The van der Waals surface area contributed by atoms with E-state index < -0.39 is 0 Å². The highest BCUT2D eigenvalue weighted by Gasteiger charge is 2.18. The predicted molar refractivity (Wildman–Crippen MR) is 211 cm³/mol. The maximum atomic E-state index is 5.15. The van der Waals surface area contributed by atoms with Crippen molar-refractivity contribution in [2.75, 3.05) is 0 Å². The summed E-state index contributed by atoms with van der Waals surface area (Å²) in [5, 5.41) is 10.1. The molecule has 1 nitrogen and oxygen atoms in total. The molecule has 0 aliphatic heterocycles. The monoisotopic (exact) mass is 639 g/mol. The van der Waals surface area contributed by atoms with Crippen molar-refractivity contribution < 1.29 is 0 Å². The summed E-state index contributed by atoms with van der Waals surface area (Å²) < 4.78 is 2.67. The summed E-state index contributed by atoms with van der Waals surface area (Å²) in [7, 11) is 0. The Morgan fingerprint density at radius 3 is 1.61 bits per heavy atom. The van der Waals surface area contributed by atoms with E-state index >= 15 is 0 Å². The van der Waals surface area contributed by atoms with E-state index in [1.54, 1.807) is 0 Å². The smallest absolute Gasteiger partial charge is 0.0714 e. The van der Waals surface area contributed by atoms with Gasteiger partial charge in [-0.15, -0.1) is 11.3 Å². The van der Waals surface area contributed by atoms with E-state index in [0.29, 0.717) is 0 Å². The van der Waals surface area contributed by atoms with Gasteiger partial charge >= 0.3 is 0 Å². The number of thiophene rings is 1. The largest absolute Gasteiger partial charge is 0.256 e. The van der Waals surface area contributed by atoms with E-state index in [1.165, 1.54) is 85.9 Å². The second-order valence-electron chi connectivity index (χ2n) is 12.7. The van der Waals surface area contributed by atoms with Crippen LogP contribution in [0.3, 0.4) is 0 Å². The third-order valence-electron chi connectivity index (χ3n) is 9.93. The van der Waals surface area contributed by atoms with E-state index in [2.05, 4.69) is 170 Å². The van der Waals surface area contributed by atoms with Crippen molar-refractivity contribution in [3.05, 3.63) is 176 Å². The zero-order valence-electron chi connectivity index (χ0n) is 26.6. The molecule has 0 amide bonds. The fourth-order valence-corrected chi connectivity index (χ4v) is 8.79. The van der Waals surface area contributed by atoms with Gasteiger partial charge in [0.15, 0.2) is 0 Å². The second kappa shape index (κ2) is 11.3. The molecule has 2 heterocycles. The van der Waals surface area contributed by atoms with E-state index in [1.807, 2.05) is 17.5 Å². The molecule has 49 heavy (non-hydrogen) atoms. The van der Waals surface area contributed by atoms with Crippen LogP contribution in [0.1, 0.15) is 0 Å². The van der Waals surface area contributed by atoms with Crippen molar-refractivity contribution >= 4 is 63.8 Å². The third kappa shape index (κ3) is 4.57. The number of aromatic nitrogens is 1. The zero-order chi connectivity index (χ0) is 32.3. The van der Waals surface area contributed by atoms with Gasteiger partial charge in [0.25, 0.3) is 0 Å². The summed E-state index contributed by atoms with van der Waals surface area (Å²) in [6, 6.07) is 61.6. The summed E-state index contributed by atoms with van der Waals surface area (Å²) in [6.07, 6.45) is 2.04. The van der Waals surface area contributed by atoms with Crippen molar-refractivity contribution in [2.24, 2.45) is 0 Å². The first-order valence-corrected chi connectivity index (χ1v) is 17.5. The average molecular weight is 640 g/mol. The molecule has 0 saturated carbocycles. The van der Waals surface area contributed by atoms with Crippen LogP contribution in [0, 0.1) is 0 Å². The van der Waals surface area contributed by atoms with E-state index in [-0.39, 0.29) is 0 Å². The molecule has 8 aromatic carbocycles. The van der Waals surface area contributed by atoms with Gasteiger partial charge in [0, 0.05) is 37.5 Å². The molecule has 0 fully saturated rings. The number of fused-ring (bicyclic) bond motifs is 7. The summed E-state index contributed by atoms with van der Waals surface area (Å²) >= 11 is 1.88. The van der Waals surface area contributed by atoms with Gasteiger partial charge in [-0.3, -0.25) is 4.98 Å². The zero-order valence-corrected chi connectivity index (χ0v) is 27.4. The second-order valence-corrected chi connectivity index (χ2v) is 13.7. The Hall–Kier alpha value is -6.09. The first-order chi connectivity index (χ1) is 24.3. The highest BCUT2D eigenvalue weighted by molar-refractivity contribution is 7.26. The Balaban J connectivity index is 1.09. The molecular weight excluding hydrogens is 611 g/mol. The lowest BCUT2D eigenvalue weighted by atomic mass is 9.87. The van der Waals surface area contributed by atoms with Gasteiger partial charge in [0.2, 0.25) is 0 Å². The average Bonchev–Trinajstić information content (AvgIpc) is 3.56. The first kappa shape index (κ1) is 28.0. The fraction of sp³-hybridized carbons (Fsp3) is 0. The Morgan fingerprint density at radius 2 is 0.918 bits per heavy atom. The number of benzene rings is 8. The summed E-state index contributed by atoms with van der Waals surface area (Å²) in [5.74, 6) is 0. The Labute approximate surface area is 288 Å². The SMILES string of the molecule is c1ccc(-c2ccc(-c3c4ccccc4c(-c4ccc(-c5ccc6sc7c8ccccc8ccc7c6c5)cn4)c4ccccc34)cc2)cc1. The molecule has 0 unspecified atom stereocenters. The molecule has 0 N–H and O–H groups in total. The van der Waals surface area contributed by atoms with Gasteiger partial charge in [-0.05, 0) is 78.3 Å². The van der Waals surface area contributed by atoms with Crippen molar-refractivity contribution in [3.8, 4) is 44.6 Å². The minimum Gasteiger partial charge on any atom is -0.256 e. The third-order valence-corrected chi connectivity index (χ3v) is 11.1. The van der Waals surface area contributed by atoms with Crippen molar-refractivity contribution in [1.82, 2.24) is 4.98 Å². The van der Waals surface area contributed by atoms with E-state index in [0.717, 1.165) is 11.3 Å². The molecule has 2 heteroatoms. The topological polar surface area (TPSA) is 12.9 Å². The van der Waals surface area contributed by atoms with Crippen molar-refractivity contribution in [1.29, 1.82) is 0 Å². The van der Waals surface area contributed by atoms with E-state index in [4.69, 9.17) is 4.98 Å². The quantitative estimate of drug-likeness (QED) is 0.175. The lowest BCUT2D eigenvalue weighted by Gasteiger charge is -2.17. The molecule has 10 aromatic rings. The Kier molecular flexibility index (Phi) is 6.43. The van der Waals surface area contributed by atoms with Crippen LogP contribution in [0.5, 0.6) is 0 Å². The van der Waals surface area contributed by atoms with Crippen LogP contribution in [-0.4, -0.2) is 4.98 Å². The lowest BCUT2D eigenvalue weighted by molar-refractivity contribution is 1.34. The molecule has 0 saturated heterocycles. The highest BCUT2D eigenvalue weighted by Crippen LogP contribution is 2.44. The summed E-state index contributed by atoms with van der Waals surface area (Å²) in [4.78, 5) is 5.15. The molecule has 2 aromatic heterocycles. The maximum Gasteiger partial charge on any atom is 0.0714 e. The van der Waals surface area contributed by atoms with Crippen LogP contribution in [0.4, 0.5) is 0 Å². The molecule has 0 radical (unpaired) electrons. The Morgan fingerprint density at radius 1 is 0.347 bits per heavy atom. The normalized spacial score (nSPS) is 11.7. The summed E-state index contributed by atoms with van der Waals surface area (Å²) in [5.41, 5.74) is 9.38. The van der Waals surface area contributed by atoms with Gasteiger partial charge < -0.3 is 0 Å². The Bertz CT molecular complexity index is 2790. The number of hydrogen-bond donors (Lipinski definition) is 0. The maximum absolute atomic E-state index is 5.15.